The fourth-order valence-corrected chi connectivity index (χ4v) is 0.877. The van der Waals surface area contributed by atoms with E-state index in [-0.39, 0.29) is 0 Å². The van der Waals surface area contributed by atoms with Gasteiger partial charge in [0.05, 0.1) is 6.21 Å². The Bertz CT molecular complexity index is 279. The molecule has 0 aliphatic rings. The highest BCUT2D eigenvalue weighted by Gasteiger charge is 1.92. The minimum absolute atomic E-state index is 0.866. The van der Waals surface area contributed by atoms with E-state index in [0.29, 0.717) is 0 Å². The van der Waals surface area contributed by atoms with Gasteiger partial charge in [0.25, 0.3) is 0 Å². The maximum Gasteiger partial charge on any atom is 0.0739 e. The molecular weight excluding hydrogens is 138 g/mol. The van der Waals surface area contributed by atoms with E-state index in [1.54, 1.807) is 6.08 Å². The van der Waals surface area contributed by atoms with Crippen molar-refractivity contribution in [1.29, 1.82) is 0 Å². The van der Waals surface area contributed by atoms with E-state index in [1.165, 1.54) is 6.21 Å². The Morgan fingerprint density at radius 3 is 2.45 bits per heavy atom. The van der Waals surface area contributed by atoms with E-state index in [1.807, 2.05) is 24.3 Å². The molecule has 0 spiro atoms. The highest BCUT2D eigenvalue weighted by molar-refractivity contribution is 5.84. The van der Waals surface area contributed by atoms with Gasteiger partial charge in [-0.1, -0.05) is 42.1 Å². The van der Waals surface area contributed by atoms with Gasteiger partial charge in [0, 0.05) is 5.56 Å². The highest BCUT2D eigenvalue weighted by atomic mass is 16.4. The lowest BCUT2D eigenvalue weighted by molar-refractivity contribution is 0.322. The normalized spacial score (nSPS) is 10.2. The summed E-state index contributed by atoms with van der Waals surface area (Å²) in [5.74, 6) is 0. The number of benzene rings is 1. The Morgan fingerprint density at radius 1 is 1.27 bits per heavy atom. The minimum Gasteiger partial charge on any atom is -0.411 e. The van der Waals surface area contributed by atoms with Crippen LogP contribution in [0, 0.1) is 0 Å². The number of hydrogen-bond acceptors (Lipinski definition) is 2. The molecule has 1 N–H and O–H groups in total. The second-order valence-corrected chi connectivity index (χ2v) is 2.08. The predicted octanol–water partition coefficient (Wildman–Crippen LogP) is 2.14. The largest absolute Gasteiger partial charge is 0.411 e. The Balaban J connectivity index is 3.11. The van der Waals surface area contributed by atoms with Crippen LogP contribution in [0.25, 0.3) is 6.08 Å². The first-order chi connectivity index (χ1) is 5.38. The third-order valence-electron chi connectivity index (χ3n) is 1.41. The van der Waals surface area contributed by atoms with E-state index in [9.17, 15) is 0 Å². The molecule has 1 rings (SSSR count). The zero-order chi connectivity index (χ0) is 8.10. The number of rotatable bonds is 2. The molecule has 0 fully saturated rings. The van der Waals surface area contributed by atoms with E-state index in [0.717, 1.165) is 11.1 Å². The molecule has 1 aromatic carbocycles. The summed E-state index contributed by atoms with van der Waals surface area (Å²) >= 11 is 0. The fourth-order valence-electron chi connectivity index (χ4n) is 0.877. The molecule has 0 radical (unpaired) electrons. The summed E-state index contributed by atoms with van der Waals surface area (Å²) in [6.45, 7) is 3.63. The average Bonchev–Trinajstić information content (AvgIpc) is 2.06. The van der Waals surface area contributed by atoms with E-state index in [4.69, 9.17) is 5.21 Å². The van der Waals surface area contributed by atoms with Crippen molar-refractivity contribution in [3.05, 3.63) is 42.0 Å². The van der Waals surface area contributed by atoms with Crippen molar-refractivity contribution in [1.82, 2.24) is 0 Å². The molecule has 0 aromatic heterocycles. The van der Waals surface area contributed by atoms with Gasteiger partial charge in [-0.05, 0) is 5.56 Å². The molecule has 0 atom stereocenters. The van der Waals surface area contributed by atoms with Crippen molar-refractivity contribution in [2.24, 2.45) is 5.16 Å². The van der Waals surface area contributed by atoms with Crippen molar-refractivity contribution in [2.75, 3.05) is 0 Å². The topological polar surface area (TPSA) is 32.6 Å². The van der Waals surface area contributed by atoms with Crippen molar-refractivity contribution in [2.45, 2.75) is 0 Å². The van der Waals surface area contributed by atoms with E-state index >= 15 is 0 Å². The van der Waals surface area contributed by atoms with Crippen LogP contribution in [0.1, 0.15) is 11.1 Å². The molecule has 2 nitrogen and oxygen atoms in total. The SMILES string of the molecule is C=Cc1ccccc1/C=N\O. The van der Waals surface area contributed by atoms with Gasteiger partial charge < -0.3 is 5.21 Å². The molecule has 0 saturated carbocycles. The molecule has 0 aliphatic carbocycles. The van der Waals surface area contributed by atoms with Gasteiger partial charge >= 0.3 is 0 Å². The fraction of sp³-hybridized carbons (Fsp3) is 0. The molecule has 2 heteroatoms. The van der Waals surface area contributed by atoms with Crippen molar-refractivity contribution in [3.63, 3.8) is 0 Å². The van der Waals surface area contributed by atoms with E-state index < -0.39 is 0 Å². The van der Waals surface area contributed by atoms with Crippen LogP contribution in [-0.2, 0) is 0 Å². The Labute approximate surface area is 65.5 Å². The van der Waals surface area contributed by atoms with Gasteiger partial charge in [0.15, 0.2) is 0 Å². The lowest BCUT2D eigenvalue weighted by Gasteiger charge is -1.96. The number of hydrogen-bond donors (Lipinski definition) is 1. The second-order valence-electron chi connectivity index (χ2n) is 2.08. The summed E-state index contributed by atoms with van der Waals surface area (Å²) < 4.78 is 0. The quantitative estimate of drug-likeness (QED) is 0.388. The van der Waals surface area contributed by atoms with Crippen LogP contribution in [0.4, 0.5) is 0 Å². The molecule has 0 saturated heterocycles. The Hall–Kier alpha value is -1.57. The predicted molar refractivity (Wildman–Crippen MR) is 45.9 cm³/mol. The monoisotopic (exact) mass is 147 g/mol. The number of nitrogens with zero attached hydrogens (tertiary/aromatic N) is 1. The lowest BCUT2D eigenvalue weighted by Crippen LogP contribution is -1.84. The first-order valence-electron chi connectivity index (χ1n) is 3.27. The van der Waals surface area contributed by atoms with Crippen LogP contribution in [0.5, 0.6) is 0 Å². The zero-order valence-electron chi connectivity index (χ0n) is 6.07. The molecule has 56 valence electrons. The van der Waals surface area contributed by atoms with Crippen LogP contribution in [0.2, 0.25) is 0 Å². The van der Waals surface area contributed by atoms with Crippen molar-refractivity contribution < 1.29 is 5.21 Å². The third-order valence-corrected chi connectivity index (χ3v) is 1.41. The maximum absolute atomic E-state index is 8.27. The summed E-state index contributed by atoms with van der Waals surface area (Å²) in [5.41, 5.74) is 1.83. The van der Waals surface area contributed by atoms with E-state index in [2.05, 4.69) is 11.7 Å². The first-order valence-corrected chi connectivity index (χ1v) is 3.27. The molecule has 0 amide bonds. The summed E-state index contributed by atoms with van der Waals surface area (Å²) in [7, 11) is 0. The molecule has 11 heavy (non-hydrogen) atoms. The molecule has 1 aromatic rings. The van der Waals surface area contributed by atoms with Gasteiger partial charge in [-0.25, -0.2) is 0 Å². The molecule has 0 unspecified atom stereocenters. The molecular formula is C9H9NO. The summed E-state index contributed by atoms with van der Waals surface area (Å²) in [5, 5.41) is 11.2. The van der Waals surface area contributed by atoms with Crippen LogP contribution < -0.4 is 0 Å². The second kappa shape index (κ2) is 3.56. The van der Waals surface area contributed by atoms with Crippen LogP contribution >= 0.6 is 0 Å². The highest BCUT2D eigenvalue weighted by Crippen LogP contribution is 2.06. The van der Waals surface area contributed by atoms with Crippen LogP contribution in [-0.4, -0.2) is 11.4 Å². The van der Waals surface area contributed by atoms with Crippen molar-refractivity contribution in [3.8, 4) is 0 Å². The number of oxime groups is 1. The Morgan fingerprint density at radius 2 is 1.91 bits per heavy atom. The van der Waals surface area contributed by atoms with Crippen molar-refractivity contribution >= 4 is 12.3 Å². The first kappa shape index (κ1) is 7.54. The smallest absolute Gasteiger partial charge is 0.0739 e. The van der Waals surface area contributed by atoms with Gasteiger partial charge in [-0.15, -0.1) is 0 Å². The minimum atomic E-state index is 0.866. The molecule has 0 bridgehead atoms. The maximum atomic E-state index is 8.27. The lowest BCUT2D eigenvalue weighted by atomic mass is 10.1. The van der Waals surface area contributed by atoms with Gasteiger partial charge in [-0.3, -0.25) is 0 Å². The summed E-state index contributed by atoms with van der Waals surface area (Å²) in [4.78, 5) is 0. The van der Waals surface area contributed by atoms with Crippen LogP contribution in [0.15, 0.2) is 36.0 Å². The van der Waals surface area contributed by atoms with Gasteiger partial charge in [0.2, 0.25) is 0 Å². The van der Waals surface area contributed by atoms with Crippen LogP contribution in [0.3, 0.4) is 0 Å². The van der Waals surface area contributed by atoms with Gasteiger partial charge in [0.1, 0.15) is 0 Å². The zero-order valence-corrected chi connectivity index (χ0v) is 6.07. The molecule has 0 aliphatic heterocycles. The van der Waals surface area contributed by atoms with Gasteiger partial charge in [-0.2, -0.15) is 0 Å². The molecule has 0 heterocycles. The summed E-state index contributed by atoms with van der Waals surface area (Å²) in [6.07, 6.45) is 3.11. The Kier molecular flexibility index (Phi) is 2.44. The summed E-state index contributed by atoms with van der Waals surface area (Å²) in [6, 6.07) is 7.55. The third kappa shape index (κ3) is 1.67. The standard InChI is InChI=1S/C9H9NO/c1-2-8-5-3-4-6-9(8)7-10-11/h2-7,11H,1H2/b10-7-. The average molecular weight is 147 g/mol.